The Morgan fingerprint density at radius 1 is 1.48 bits per heavy atom. The monoisotopic (exact) mass is 330 g/mol. The van der Waals surface area contributed by atoms with Gasteiger partial charge < -0.3 is 14.8 Å². The normalized spacial score (nSPS) is 15.1. The number of amides is 2. The third kappa shape index (κ3) is 4.37. The Labute approximate surface area is 138 Å². The first-order chi connectivity index (χ1) is 11.0. The van der Waals surface area contributed by atoms with E-state index in [0.717, 1.165) is 17.3 Å². The summed E-state index contributed by atoms with van der Waals surface area (Å²) in [5.74, 6) is 2.73. The first-order valence-electron chi connectivity index (χ1n) is 6.58. The lowest BCUT2D eigenvalue weighted by Gasteiger charge is -2.09. The van der Waals surface area contributed by atoms with E-state index in [2.05, 4.69) is 16.2 Å². The maximum absolute atomic E-state index is 11.8. The van der Waals surface area contributed by atoms with Crippen LogP contribution in [0.25, 0.3) is 6.08 Å². The van der Waals surface area contributed by atoms with Crippen LogP contribution in [-0.2, 0) is 9.59 Å². The lowest BCUT2D eigenvalue weighted by Crippen LogP contribution is -2.23. The minimum atomic E-state index is -0.398. The summed E-state index contributed by atoms with van der Waals surface area (Å²) in [6.07, 6.45) is 6.83. The highest BCUT2D eigenvalue weighted by Crippen LogP contribution is 2.32. The van der Waals surface area contributed by atoms with Gasteiger partial charge in [-0.15, -0.1) is 6.42 Å². The van der Waals surface area contributed by atoms with Crippen molar-refractivity contribution in [1.82, 2.24) is 5.32 Å². The van der Waals surface area contributed by atoms with E-state index in [9.17, 15) is 9.59 Å². The molecule has 1 heterocycles. The molecule has 1 aromatic rings. The Morgan fingerprint density at radius 3 is 2.91 bits per heavy atom. The third-order valence-corrected chi connectivity index (χ3v) is 3.60. The molecule has 1 aliphatic heterocycles. The van der Waals surface area contributed by atoms with E-state index >= 15 is 0 Å². The molecule has 0 spiro atoms. The van der Waals surface area contributed by atoms with Gasteiger partial charge >= 0.3 is 0 Å². The van der Waals surface area contributed by atoms with Crippen LogP contribution in [0.5, 0.6) is 11.5 Å². The Kier molecular flexibility index (Phi) is 5.44. The Morgan fingerprint density at radius 2 is 2.26 bits per heavy atom. The molecule has 7 heteroatoms. The third-order valence-electron chi connectivity index (χ3n) is 2.70. The highest BCUT2D eigenvalue weighted by molar-refractivity contribution is 8.18. The van der Waals surface area contributed by atoms with E-state index in [1.807, 2.05) is 0 Å². The van der Waals surface area contributed by atoms with Crippen LogP contribution >= 0.6 is 11.8 Å². The zero-order chi connectivity index (χ0) is 16.8. The van der Waals surface area contributed by atoms with Gasteiger partial charge in [0.2, 0.25) is 5.91 Å². The molecule has 0 atom stereocenters. The average Bonchev–Trinajstić information content (AvgIpc) is 2.84. The summed E-state index contributed by atoms with van der Waals surface area (Å²) < 4.78 is 10.6. The fraction of sp³-hybridized carbons (Fsp3) is 0.188. The predicted molar refractivity (Wildman–Crippen MR) is 89.1 cm³/mol. The molecule has 0 fully saturated rings. The lowest BCUT2D eigenvalue weighted by molar-refractivity contribution is -0.117. The smallest absolute Gasteiger partial charge is 0.286 e. The van der Waals surface area contributed by atoms with E-state index in [-0.39, 0.29) is 17.7 Å². The van der Waals surface area contributed by atoms with Gasteiger partial charge in [-0.2, -0.15) is 4.99 Å². The van der Waals surface area contributed by atoms with Crippen LogP contribution in [0.1, 0.15) is 12.5 Å². The van der Waals surface area contributed by atoms with Crippen molar-refractivity contribution in [2.75, 3.05) is 13.7 Å². The number of benzene rings is 1. The maximum atomic E-state index is 11.8. The molecule has 1 aromatic carbocycles. The van der Waals surface area contributed by atoms with Gasteiger partial charge in [0.1, 0.15) is 6.61 Å². The number of thioether (sulfide) groups is 1. The topological polar surface area (TPSA) is 77.0 Å². The number of terminal acetylenes is 1. The quantitative estimate of drug-likeness (QED) is 0.673. The number of amidine groups is 1. The summed E-state index contributed by atoms with van der Waals surface area (Å²) >= 11 is 1.10. The molecule has 6 nitrogen and oxygen atoms in total. The molecule has 0 bridgehead atoms. The summed E-state index contributed by atoms with van der Waals surface area (Å²) in [5, 5.41) is 2.76. The van der Waals surface area contributed by atoms with E-state index in [0.29, 0.717) is 16.4 Å². The van der Waals surface area contributed by atoms with Crippen LogP contribution in [0.3, 0.4) is 0 Å². The minimum absolute atomic E-state index is 0.138. The fourth-order valence-corrected chi connectivity index (χ4v) is 2.64. The molecular formula is C16H14N2O4S. The molecule has 118 valence electrons. The Hall–Kier alpha value is -2.72. The zero-order valence-corrected chi connectivity index (χ0v) is 13.4. The number of aliphatic imine (C=N–C) groups is 1. The van der Waals surface area contributed by atoms with Crippen LogP contribution in [0.15, 0.2) is 28.1 Å². The van der Waals surface area contributed by atoms with Crippen molar-refractivity contribution < 1.29 is 19.1 Å². The lowest BCUT2D eigenvalue weighted by atomic mass is 10.2. The van der Waals surface area contributed by atoms with Gasteiger partial charge in [-0.1, -0.05) is 12.0 Å². The van der Waals surface area contributed by atoms with Gasteiger partial charge in [-0.3, -0.25) is 9.59 Å². The van der Waals surface area contributed by atoms with Crippen LogP contribution in [0, 0.1) is 12.3 Å². The molecule has 23 heavy (non-hydrogen) atoms. The molecule has 1 aliphatic rings. The standard InChI is InChI=1S/C16H14N2O4S/c1-4-7-22-12-6-5-11(8-13(12)21-3)9-14-15(20)18-16(23-14)17-10(2)19/h1,5-6,8-9H,7H2,2-3H3,(H,17,18,19,20)/b14-9+. The van der Waals surface area contributed by atoms with E-state index in [1.165, 1.54) is 14.0 Å². The number of nitrogens with zero attached hydrogens (tertiary/aromatic N) is 1. The average molecular weight is 330 g/mol. The van der Waals surface area contributed by atoms with Gasteiger partial charge in [-0.05, 0) is 35.5 Å². The molecule has 0 unspecified atom stereocenters. The predicted octanol–water partition coefficient (Wildman–Crippen LogP) is 1.81. The number of rotatable bonds is 4. The zero-order valence-electron chi connectivity index (χ0n) is 12.6. The molecule has 2 rings (SSSR count). The van der Waals surface area contributed by atoms with Crippen molar-refractivity contribution in [3.8, 4) is 23.8 Å². The Balaban J connectivity index is 2.19. The summed E-state index contributed by atoms with van der Waals surface area (Å²) in [7, 11) is 1.52. The molecule has 2 amide bonds. The number of methoxy groups -OCH3 is 1. The van der Waals surface area contributed by atoms with Crippen molar-refractivity contribution >= 4 is 34.8 Å². The largest absolute Gasteiger partial charge is 0.493 e. The summed E-state index contributed by atoms with van der Waals surface area (Å²) in [5.41, 5.74) is 0.741. The number of ether oxygens (including phenoxy) is 2. The highest BCUT2D eigenvalue weighted by Gasteiger charge is 2.22. The molecular weight excluding hydrogens is 316 g/mol. The second kappa shape index (κ2) is 7.51. The molecule has 0 aromatic heterocycles. The second-order valence-electron chi connectivity index (χ2n) is 4.42. The SMILES string of the molecule is C#CCOc1ccc(/C=C2/SC(NC(C)=O)=NC2=O)cc1OC. The molecule has 0 radical (unpaired) electrons. The molecule has 1 N–H and O–H groups in total. The van der Waals surface area contributed by atoms with Crippen molar-refractivity contribution in [1.29, 1.82) is 0 Å². The van der Waals surface area contributed by atoms with Crippen molar-refractivity contribution in [2.45, 2.75) is 6.92 Å². The van der Waals surface area contributed by atoms with Gasteiger partial charge in [-0.25, -0.2) is 0 Å². The second-order valence-corrected chi connectivity index (χ2v) is 5.45. The van der Waals surface area contributed by atoms with Crippen LogP contribution < -0.4 is 14.8 Å². The maximum Gasteiger partial charge on any atom is 0.286 e. The first-order valence-corrected chi connectivity index (χ1v) is 7.39. The Bertz CT molecular complexity index is 747. The molecule has 0 saturated heterocycles. The van der Waals surface area contributed by atoms with Crippen LogP contribution in [0.4, 0.5) is 0 Å². The summed E-state index contributed by atoms with van der Waals surface area (Å²) in [4.78, 5) is 27.0. The van der Waals surface area contributed by atoms with Gasteiger partial charge in [0, 0.05) is 6.92 Å². The van der Waals surface area contributed by atoms with Crippen LogP contribution in [-0.4, -0.2) is 30.7 Å². The summed E-state index contributed by atoms with van der Waals surface area (Å²) in [6.45, 7) is 1.49. The van der Waals surface area contributed by atoms with E-state index < -0.39 is 5.91 Å². The van der Waals surface area contributed by atoms with E-state index in [1.54, 1.807) is 24.3 Å². The number of hydrogen-bond acceptors (Lipinski definition) is 5. The number of carbonyl (C=O) groups is 2. The highest BCUT2D eigenvalue weighted by atomic mass is 32.2. The van der Waals surface area contributed by atoms with Crippen molar-refractivity contribution in [3.63, 3.8) is 0 Å². The van der Waals surface area contributed by atoms with E-state index in [4.69, 9.17) is 15.9 Å². The van der Waals surface area contributed by atoms with Gasteiger partial charge in [0.25, 0.3) is 5.91 Å². The number of carbonyl (C=O) groups excluding carboxylic acids is 2. The van der Waals surface area contributed by atoms with Gasteiger partial charge in [0.15, 0.2) is 16.7 Å². The number of nitrogens with one attached hydrogen (secondary N) is 1. The van der Waals surface area contributed by atoms with Gasteiger partial charge in [0.05, 0.1) is 12.0 Å². The molecule has 0 saturated carbocycles. The van der Waals surface area contributed by atoms with Crippen LogP contribution in [0.2, 0.25) is 0 Å². The fourth-order valence-electron chi connectivity index (χ4n) is 1.78. The van der Waals surface area contributed by atoms with Crippen molar-refractivity contribution in [2.24, 2.45) is 4.99 Å². The first kappa shape index (κ1) is 16.6. The summed E-state index contributed by atoms with van der Waals surface area (Å²) in [6, 6.07) is 5.21. The number of hydrogen-bond donors (Lipinski definition) is 1. The molecule has 0 aliphatic carbocycles. The minimum Gasteiger partial charge on any atom is -0.493 e. The van der Waals surface area contributed by atoms with Crippen molar-refractivity contribution in [3.05, 3.63) is 28.7 Å².